The van der Waals surface area contributed by atoms with Crippen molar-refractivity contribution in [2.75, 3.05) is 26.4 Å². The number of ether oxygens (including phenoxy) is 4. The summed E-state index contributed by atoms with van der Waals surface area (Å²) in [4.78, 5) is 12.0. The van der Waals surface area contributed by atoms with Gasteiger partial charge in [-0.15, -0.1) is 0 Å². The summed E-state index contributed by atoms with van der Waals surface area (Å²) in [6.07, 6.45) is 14.0. The van der Waals surface area contributed by atoms with E-state index in [1.165, 1.54) is 6.42 Å². The maximum absolute atomic E-state index is 12.0. The molecule has 4 atom stereocenters. The minimum absolute atomic E-state index is 0.0864. The Bertz CT molecular complexity index is 708. The highest BCUT2D eigenvalue weighted by atomic mass is 16.6. The van der Waals surface area contributed by atoms with Crippen molar-refractivity contribution in [3.05, 3.63) is 11.3 Å². The lowest BCUT2D eigenvalue weighted by molar-refractivity contribution is -0.193. The first kappa shape index (κ1) is 22.7. The highest BCUT2D eigenvalue weighted by Crippen LogP contribution is 2.65. The zero-order valence-electron chi connectivity index (χ0n) is 19.6. The molecule has 0 aromatic carbocycles. The second-order valence-electron chi connectivity index (χ2n) is 11.3. The number of aliphatic carboxylic acids is 1. The molecule has 4 aliphatic carbocycles. The average Bonchev–Trinajstić information content (AvgIpc) is 3.64. The fourth-order valence-corrected chi connectivity index (χ4v) is 7.25. The lowest BCUT2D eigenvalue weighted by atomic mass is 9.47. The van der Waals surface area contributed by atoms with Crippen molar-refractivity contribution in [1.29, 1.82) is 0 Å². The van der Waals surface area contributed by atoms with Crippen LogP contribution in [0.1, 0.15) is 84.0 Å². The molecular formula is C26H40O6. The molecule has 180 valence electrons. The molecule has 4 unspecified atom stereocenters. The van der Waals surface area contributed by atoms with E-state index >= 15 is 0 Å². The van der Waals surface area contributed by atoms with Gasteiger partial charge in [0.05, 0.1) is 43.2 Å². The first-order chi connectivity index (χ1) is 15.5. The molecule has 0 aromatic rings. The van der Waals surface area contributed by atoms with Crippen LogP contribution in [0.5, 0.6) is 0 Å². The van der Waals surface area contributed by atoms with E-state index in [0.29, 0.717) is 36.2 Å². The summed E-state index contributed by atoms with van der Waals surface area (Å²) in [5, 5.41) is 9.86. The molecule has 0 aromatic heterocycles. The van der Waals surface area contributed by atoms with Gasteiger partial charge >= 0.3 is 5.97 Å². The van der Waals surface area contributed by atoms with Gasteiger partial charge in [0.15, 0.2) is 0 Å². The van der Waals surface area contributed by atoms with Gasteiger partial charge in [-0.05, 0) is 95.8 Å². The third-order valence-corrected chi connectivity index (χ3v) is 8.45. The Balaban J connectivity index is 1.24. The molecule has 2 aliphatic heterocycles. The summed E-state index contributed by atoms with van der Waals surface area (Å²) in [5.41, 5.74) is 0.155. The number of unbranched alkanes of at least 4 members (excludes halogenated alkanes) is 2. The van der Waals surface area contributed by atoms with Gasteiger partial charge in [0.25, 0.3) is 0 Å². The number of hydrogen-bond acceptors (Lipinski definition) is 5. The molecule has 1 N–H and O–H groups in total. The van der Waals surface area contributed by atoms with Crippen molar-refractivity contribution in [3.63, 3.8) is 0 Å². The minimum atomic E-state index is -0.848. The largest absolute Gasteiger partial charge is 0.497 e. The van der Waals surface area contributed by atoms with E-state index in [0.717, 1.165) is 96.2 Å². The van der Waals surface area contributed by atoms with Crippen molar-refractivity contribution in [2.24, 2.45) is 17.3 Å². The van der Waals surface area contributed by atoms with Crippen LogP contribution in [0, 0.1) is 17.3 Å². The third kappa shape index (κ3) is 5.18. The Morgan fingerprint density at radius 3 is 2.09 bits per heavy atom. The van der Waals surface area contributed by atoms with Gasteiger partial charge in [-0.1, -0.05) is 0 Å². The summed E-state index contributed by atoms with van der Waals surface area (Å²) in [6, 6.07) is 0. The van der Waals surface area contributed by atoms with E-state index in [1.807, 2.05) is 0 Å². The van der Waals surface area contributed by atoms with Gasteiger partial charge in [0, 0.05) is 12.0 Å². The molecule has 6 aliphatic rings. The molecule has 4 bridgehead atoms. The van der Waals surface area contributed by atoms with Gasteiger partial charge in [-0.2, -0.15) is 0 Å². The van der Waals surface area contributed by atoms with E-state index in [2.05, 4.69) is 0 Å². The molecule has 6 nitrogen and oxygen atoms in total. The number of rotatable bonds is 14. The van der Waals surface area contributed by atoms with E-state index in [1.54, 1.807) is 6.92 Å². The molecule has 0 spiro atoms. The number of carboxylic acids is 1. The van der Waals surface area contributed by atoms with Crippen LogP contribution in [0.2, 0.25) is 0 Å². The molecule has 32 heavy (non-hydrogen) atoms. The zero-order chi connectivity index (χ0) is 22.2. The van der Waals surface area contributed by atoms with Crippen molar-refractivity contribution in [1.82, 2.24) is 0 Å². The molecule has 2 saturated heterocycles. The Labute approximate surface area is 192 Å². The smallest absolute Gasteiger partial charge is 0.334 e. The molecular weight excluding hydrogens is 408 g/mol. The van der Waals surface area contributed by atoms with Crippen LogP contribution in [0.3, 0.4) is 0 Å². The van der Waals surface area contributed by atoms with Crippen molar-refractivity contribution in [3.8, 4) is 0 Å². The van der Waals surface area contributed by atoms with Crippen LogP contribution in [0.25, 0.3) is 0 Å². The maximum Gasteiger partial charge on any atom is 0.334 e. The van der Waals surface area contributed by atoms with Crippen molar-refractivity contribution < 1.29 is 28.8 Å². The van der Waals surface area contributed by atoms with Crippen LogP contribution < -0.4 is 0 Å². The van der Waals surface area contributed by atoms with Crippen LogP contribution in [0.4, 0.5) is 0 Å². The lowest BCUT2D eigenvalue weighted by Crippen LogP contribution is -2.57. The molecule has 6 heteroatoms. The molecule has 2 heterocycles. The number of allylic oxidation sites excluding steroid dienone is 1. The van der Waals surface area contributed by atoms with Crippen molar-refractivity contribution >= 4 is 5.97 Å². The Morgan fingerprint density at radius 2 is 1.53 bits per heavy atom. The summed E-state index contributed by atoms with van der Waals surface area (Å²) >= 11 is 0. The van der Waals surface area contributed by atoms with Crippen LogP contribution in [0.15, 0.2) is 11.3 Å². The first-order valence-electron chi connectivity index (χ1n) is 12.9. The molecule has 0 amide bonds. The molecule has 6 fully saturated rings. The number of carbonyl (C=O) groups is 1. The van der Waals surface area contributed by atoms with Crippen LogP contribution in [-0.4, -0.2) is 55.3 Å². The van der Waals surface area contributed by atoms with E-state index in [4.69, 9.17) is 18.9 Å². The average molecular weight is 449 g/mol. The number of carboxylic acid groups (broad SMARTS) is 1. The maximum atomic E-state index is 12.0. The summed E-state index contributed by atoms with van der Waals surface area (Å²) in [7, 11) is 0. The second-order valence-corrected chi connectivity index (χ2v) is 11.3. The second kappa shape index (κ2) is 9.27. The normalized spacial score (nSPS) is 39.7. The topological polar surface area (TPSA) is 80.8 Å². The number of hydrogen-bond donors (Lipinski definition) is 1. The summed E-state index contributed by atoms with van der Waals surface area (Å²) < 4.78 is 23.6. The fourth-order valence-electron chi connectivity index (χ4n) is 7.25. The van der Waals surface area contributed by atoms with Gasteiger partial charge in [-0.25, -0.2) is 4.79 Å². The summed E-state index contributed by atoms with van der Waals surface area (Å²) in [5.74, 6) is 1.17. The Kier molecular flexibility index (Phi) is 6.56. The predicted octanol–water partition coefficient (Wildman–Crippen LogP) is 4.86. The standard InChI is InChI=1S/C26H40O6/c1-18(24(27)28)23(29-8-4-2-6-21-15-30-21)25-11-19-10-20(12-25)14-26(13-19,17-25)32-9-5-3-7-22-16-31-22/h19-22H,2-17H2,1H3,(H,27,28). The van der Waals surface area contributed by atoms with E-state index in [9.17, 15) is 9.90 Å². The van der Waals surface area contributed by atoms with E-state index in [-0.39, 0.29) is 11.0 Å². The third-order valence-electron chi connectivity index (χ3n) is 8.45. The Morgan fingerprint density at radius 1 is 0.938 bits per heavy atom. The molecule has 4 saturated carbocycles. The monoisotopic (exact) mass is 448 g/mol. The predicted molar refractivity (Wildman–Crippen MR) is 119 cm³/mol. The zero-order valence-corrected chi connectivity index (χ0v) is 19.6. The highest BCUT2D eigenvalue weighted by Gasteiger charge is 2.60. The van der Waals surface area contributed by atoms with Gasteiger partial charge in [0.2, 0.25) is 0 Å². The minimum Gasteiger partial charge on any atom is -0.497 e. The lowest BCUT2D eigenvalue weighted by Gasteiger charge is -2.62. The quantitative estimate of drug-likeness (QED) is 0.177. The van der Waals surface area contributed by atoms with Crippen LogP contribution >= 0.6 is 0 Å². The van der Waals surface area contributed by atoms with Gasteiger partial charge < -0.3 is 24.1 Å². The highest BCUT2D eigenvalue weighted by molar-refractivity contribution is 5.86. The van der Waals surface area contributed by atoms with Crippen LogP contribution in [-0.2, 0) is 23.7 Å². The van der Waals surface area contributed by atoms with E-state index < -0.39 is 5.97 Å². The number of epoxide rings is 2. The fraction of sp³-hybridized carbons (Fsp3) is 0.885. The first-order valence-corrected chi connectivity index (χ1v) is 12.9. The molecule has 0 radical (unpaired) electrons. The van der Waals surface area contributed by atoms with Gasteiger partial charge in [0.1, 0.15) is 5.76 Å². The Hall–Kier alpha value is -1.11. The molecule has 6 rings (SSSR count). The summed E-state index contributed by atoms with van der Waals surface area (Å²) in [6.45, 7) is 4.97. The van der Waals surface area contributed by atoms with Crippen molar-refractivity contribution in [2.45, 2.75) is 102 Å². The SMILES string of the molecule is CC(C(=O)O)=C(OCCCCC1CO1)C12CC3CC(CC(OCCCCC4CO4)(C3)C1)C2. The van der Waals surface area contributed by atoms with Gasteiger partial charge in [-0.3, -0.25) is 0 Å².